The summed E-state index contributed by atoms with van der Waals surface area (Å²) in [5.74, 6) is 0.350. The van der Waals surface area contributed by atoms with E-state index in [-0.39, 0.29) is 0 Å². The third-order valence-corrected chi connectivity index (χ3v) is 4.06. The molecule has 0 saturated heterocycles. The minimum absolute atomic E-state index is 0.350. The van der Waals surface area contributed by atoms with Crippen LogP contribution < -0.4 is 0 Å². The fourth-order valence-corrected chi connectivity index (χ4v) is 2.67. The summed E-state index contributed by atoms with van der Waals surface area (Å²) in [6, 6.07) is 34.1. The van der Waals surface area contributed by atoms with Crippen LogP contribution in [-0.4, -0.2) is 18.3 Å². The van der Waals surface area contributed by atoms with Gasteiger partial charge in [-0.1, -0.05) is 97.1 Å². The largest absolute Gasteiger partial charge is 0.507 e. The highest BCUT2D eigenvalue weighted by atomic mass is 16.5. The Labute approximate surface area is 168 Å². The maximum atomic E-state index is 9.37. The van der Waals surface area contributed by atoms with Crippen LogP contribution in [0, 0.1) is 0 Å². The SMILES string of the molecule is CCOCC.Oc1cccc2ccccc12.c1ccc(-c2ccccc2)cc1. The Kier molecular flexibility index (Phi) is 9.33. The van der Waals surface area contributed by atoms with E-state index < -0.39 is 0 Å². The van der Waals surface area contributed by atoms with Crippen LogP contribution in [0.1, 0.15) is 13.8 Å². The van der Waals surface area contributed by atoms with Gasteiger partial charge in [-0.05, 0) is 36.4 Å². The normalized spacial score (nSPS) is 9.64. The van der Waals surface area contributed by atoms with Gasteiger partial charge in [0.1, 0.15) is 5.75 Å². The summed E-state index contributed by atoms with van der Waals surface area (Å²) < 4.78 is 4.83. The molecule has 0 bridgehead atoms. The van der Waals surface area contributed by atoms with Crippen LogP contribution in [0.5, 0.6) is 5.75 Å². The first-order chi connectivity index (χ1) is 13.8. The highest BCUT2D eigenvalue weighted by Gasteiger charge is 1.94. The molecule has 144 valence electrons. The Hall–Kier alpha value is -3.10. The van der Waals surface area contributed by atoms with E-state index in [0.29, 0.717) is 5.75 Å². The number of benzene rings is 4. The molecule has 0 aromatic heterocycles. The molecule has 0 saturated carbocycles. The predicted octanol–water partition coefficient (Wildman–Crippen LogP) is 6.94. The van der Waals surface area contributed by atoms with Gasteiger partial charge in [-0.2, -0.15) is 0 Å². The molecule has 0 aliphatic heterocycles. The van der Waals surface area contributed by atoms with Crippen LogP contribution in [0.25, 0.3) is 21.9 Å². The van der Waals surface area contributed by atoms with E-state index in [2.05, 4.69) is 48.5 Å². The average Bonchev–Trinajstić information content (AvgIpc) is 2.77. The standard InChI is InChI=1S/C12H10.C10H8O.C4H10O/c1-3-7-11(8-4-1)12-9-5-2-6-10-12;11-10-7-3-5-8-4-1-2-6-9(8)10;1-3-5-4-2/h1-10H;1-7,11H;3-4H2,1-2H3. The highest BCUT2D eigenvalue weighted by Crippen LogP contribution is 2.23. The lowest BCUT2D eigenvalue weighted by Crippen LogP contribution is -1.84. The van der Waals surface area contributed by atoms with Gasteiger partial charge in [-0.15, -0.1) is 0 Å². The van der Waals surface area contributed by atoms with Gasteiger partial charge in [-0.3, -0.25) is 0 Å². The monoisotopic (exact) mass is 372 g/mol. The number of hydrogen-bond acceptors (Lipinski definition) is 2. The van der Waals surface area contributed by atoms with Crippen molar-refractivity contribution in [3.63, 3.8) is 0 Å². The summed E-state index contributed by atoms with van der Waals surface area (Å²) in [5.41, 5.74) is 2.55. The second-order valence-electron chi connectivity index (χ2n) is 6.01. The van der Waals surface area contributed by atoms with Gasteiger partial charge in [0.05, 0.1) is 0 Å². The molecule has 0 fully saturated rings. The number of phenolic OH excluding ortho intramolecular Hbond substituents is 1. The highest BCUT2D eigenvalue weighted by molar-refractivity contribution is 5.87. The number of aromatic hydroxyl groups is 1. The van der Waals surface area contributed by atoms with E-state index >= 15 is 0 Å². The van der Waals surface area contributed by atoms with Crippen molar-refractivity contribution in [2.24, 2.45) is 0 Å². The zero-order chi connectivity index (χ0) is 20.0. The van der Waals surface area contributed by atoms with Gasteiger partial charge in [-0.25, -0.2) is 0 Å². The molecule has 4 aromatic rings. The first-order valence-electron chi connectivity index (χ1n) is 9.61. The van der Waals surface area contributed by atoms with Gasteiger partial charge >= 0.3 is 0 Å². The number of fused-ring (bicyclic) bond motifs is 1. The van der Waals surface area contributed by atoms with Crippen LogP contribution in [0.2, 0.25) is 0 Å². The van der Waals surface area contributed by atoms with E-state index in [1.54, 1.807) is 6.07 Å². The minimum atomic E-state index is 0.350. The summed E-state index contributed by atoms with van der Waals surface area (Å²) in [5, 5.41) is 11.4. The lowest BCUT2D eigenvalue weighted by Gasteiger charge is -1.98. The molecule has 0 aliphatic carbocycles. The number of rotatable bonds is 3. The van der Waals surface area contributed by atoms with Crippen molar-refractivity contribution in [3.8, 4) is 16.9 Å². The zero-order valence-electron chi connectivity index (χ0n) is 16.6. The summed E-state index contributed by atoms with van der Waals surface area (Å²) in [7, 11) is 0. The Morgan fingerprint density at radius 1 is 0.571 bits per heavy atom. The first kappa shape index (κ1) is 21.2. The van der Waals surface area contributed by atoms with Crippen LogP contribution in [0.15, 0.2) is 103 Å². The Morgan fingerprint density at radius 3 is 1.50 bits per heavy atom. The Morgan fingerprint density at radius 2 is 1.04 bits per heavy atom. The average molecular weight is 373 g/mol. The number of hydrogen-bond donors (Lipinski definition) is 1. The molecule has 2 heteroatoms. The Bertz CT molecular complexity index is 874. The maximum Gasteiger partial charge on any atom is 0.123 e. The molecule has 1 N–H and O–H groups in total. The van der Waals surface area contributed by atoms with Crippen LogP contribution in [-0.2, 0) is 4.74 Å². The van der Waals surface area contributed by atoms with Crippen molar-refractivity contribution in [1.29, 1.82) is 0 Å². The lowest BCUT2D eigenvalue weighted by atomic mass is 10.1. The van der Waals surface area contributed by atoms with E-state index in [1.807, 2.05) is 62.4 Å². The summed E-state index contributed by atoms with van der Waals surface area (Å²) in [4.78, 5) is 0. The van der Waals surface area contributed by atoms with Gasteiger partial charge in [0, 0.05) is 18.6 Å². The number of ether oxygens (including phenoxy) is 1. The molecule has 0 heterocycles. The van der Waals surface area contributed by atoms with E-state index in [1.165, 1.54) is 11.1 Å². The molecule has 0 amide bonds. The van der Waals surface area contributed by atoms with Crippen molar-refractivity contribution in [3.05, 3.63) is 103 Å². The Balaban J connectivity index is 0.000000164. The van der Waals surface area contributed by atoms with Crippen molar-refractivity contribution in [1.82, 2.24) is 0 Å². The van der Waals surface area contributed by atoms with Gasteiger partial charge in [0.25, 0.3) is 0 Å². The van der Waals surface area contributed by atoms with Crippen LogP contribution in [0.4, 0.5) is 0 Å². The molecule has 2 nitrogen and oxygen atoms in total. The molecule has 0 radical (unpaired) electrons. The van der Waals surface area contributed by atoms with Crippen molar-refractivity contribution < 1.29 is 9.84 Å². The predicted molar refractivity (Wildman–Crippen MR) is 120 cm³/mol. The fourth-order valence-electron chi connectivity index (χ4n) is 2.67. The van der Waals surface area contributed by atoms with Crippen LogP contribution in [0.3, 0.4) is 0 Å². The molecule has 0 aliphatic rings. The topological polar surface area (TPSA) is 29.5 Å². The van der Waals surface area contributed by atoms with Gasteiger partial charge in [0.2, 0.25) is 0 Å². The smallest absolute Gasteiger partial charge is 0.123 e. The summed E-state index contributed by atoms with van der Waals surface area (Å²) >= 11 is 0. The molecule has 0 unspecified atom stereocenters. The molecular formula is C26H28O2. The van der Waals surface area contributed by atoms with Crippen molar-refractivity contribution in [2.45, 2.75) is 13.8 Å². The van der Waals surface area contributed by atoms with E-state index in [0.717, 1.165) is 24.0 Å². The quantitative estimate of drug-likeness (QED) is 0.422. The summed E-state index contributed by atoms with van der Waals surface area (Å²) in [6.45, 7) is 5.67. The van der Waals surface area contributed by atoms with Crippen molar-refractivity contribution >= 4 is 10.8 Å². The molecule has 4 aromatic carbocycles. The second-order valence-corrected chi connectivity index (χ2v) is 6.01. The summed E-state index contributed by atoms with van der Waals surface area (Å²) in [6.07, 6.45) is 0. The van der Waals surface area contributed by atoms with E-state index in [9.17, 15) is 5.11 Å². The second kappa shape index (κ2) is 12.3. The van der Waals surface area contributed by atoms with E-state index in [4.69, 9.17) is 4.74 Å². The minimum Gasteiger partial charge on any atom is -0.507 e. The molecule has 0 atom stereocenters. The van der Waals surface area contributed by atoms with Gasteiger partial charge in [0.15, 0.2) is 0 Å². The third-order valence-electron chi connectivity index (χ3n) is 4.06. The van der Waals surface area contributed by atoms with Gasteiger partial charge < -0.3 is 9.84 Å². The van der Waals surface area contributed by atoms with Crippen molar-refractivity contribution in [2.75, 3.05) is 13.2 Å². The third kappa shape index (κ3) is 6.90. The molecule has 4 rings (SSSR count). The molecule has 28 heavy (non-hydrogen) atoms. The van der Waals surface area contributed by atoms with Crippen LogP contribution >= 0.6 is 0 Å². The molecular weight excluding hydrogens is 344 g/mol. The fraction of sp³-hybridized carbons (Fsp3) is 0.154. The zero-order valence-corrected chi connectivity index (χ0v) is 16.6. The number of phenols is 1. The first-order valence-corrected chi connectivity index (χ1v) is 9.61. The maximum absolute atomic E-state index is 9.37. The molecule has 0 spiro atoms. The lowest BCUT2D eigenvalue weighted by molar-refractivity contribution is 0.162.